The SMILES string of the molecule is CCOc1ccc(CCNC(=O)[C@@H]2CCCN2c2nnc(N3CCCC3=O)s2)cc1OCC. The number of nitrogens with one attached hydrogen (secondary N) is 1. The average Bonchev–Trinajstić information content (AvgIpc) is 3.55. The molecule has 2 saturated heterocycles. The molecule has 2 aromatic rings. The molecule has 0 unspecified atom stereocenters. The fraction of sp³-hybridized carbons (Fsp3) is 0.565. The Morgan fingerprint density at radius 2 is 1.91 bits per heavy atom. The van der Waals surface area contributed by atoms with Gasteiger partial charge in [-0.3, -0.25) is 14.5 Å². The summed E-state index contributed by atoms with van der Waals surface area (Å²) < 4.78 is 11.3. The van der Waals surface area contributed by atoms with Gasteiger partial charge in [0.05, 0.1) is 13.2 Å². The fourth-order valence-electron chi connectivity index (χ4n) is 4.25. The minimum absolute atomic E-state index is 0.00235. The third-order valence-corrected chi connectivity index (χ3v) is 6.81. The highest BCUT2D eigenvalue weighted by Crippen LogP contribution is 2.34. The van der Waals surface area contributed by atoms with Crippen LogP contribution in [0.2, 0.25) is 0 Å². The Morgan fingerprint density at radius 1 is 1.12 bits per heavy atom. The second-order valence-electron chi connectivity index (χ2n) is 8.06. The molecule has 1 aromatic heterocycles. The molecule has 10 heteroatoms. The van der Waals surface area contributed by atoms with E-state index in [2.05, 4.69) is 15.5 Å². The third kappa shape index (κ3) is 5.38. The van der Waals surface area contributed by atoms with Crippen molar-refractivity contribution in [1.82, 2.24) is 15.5 Å². The largest absolute Gasteiger partial charge is 0.490 e. The van der Waals surface area contributed by atoms with E-state index in [4.69, 9.17) is 9.47 Å². The zero-order chi connectivity index (χ0) is 23.2. The quantitative estimate of drug-likeness (QED) is 0.567. The van der Waals surface area contributed by atoms with Crippen LogP contribution in [0.5, 0.6) is 11.5 Å². The summed E-state index contributed by atoms with van der Waals surface area (Å²) in [4.78, 5) is 28.6. The monoisotopic (exact) mass is 473 g/mol. The van der Waals surface area contributed by atoms with Crippen molar-refractivity contribution in [3.8, 4) is 11.5 Å². The van der Waals surface area contributed by atoms with Gasteiger partial charge < -0.3 is 19.7 Å². The summed E-state index contributed by atoms with van der Waals surface area (Å²) in [6.45, 7) is 7.02. The third-order valence-electron chi connectivity index (χ3n) is 5.83. The zero-order valence-electron chi connectivity index (χ0n) is 19.2. The Kier molecular flexibility index (Phi) is 7.64. The van der Waals surface area contributed by atoms with Gasteiger partial charge in [-0.25, -0.2) is 0 Å². The van der Waals surface area contributed by atoms with Crippen LogP contribution in [0.3, 0.4) is 0 Å². The first-order chi connectivity index (χ1) is 16.1. The van der Waals surface area contributed by atoms with Crippen LogP contribution in [0.15, 0.2) is 18.2 Å². The number of carbonyl (C=O) groups excluding carboxylic acids is 2. The van der Waals surface area contributed by atoms with E-state index < -0.39 is 0 Å². The van der Waals surface area contributed by atoms with Gasteiger partial charge in [-0.1, -0.05) is 17.4 Å². The summed E-state index contributed by atoms with van der Waals surface area (Å²) in [6, 6.07) is 5.64. The van der Waals surface area contributed by atoms with Crippen LogP contribution in [0, 0.1) is 0 Å². The molecule has 9 nitrogen and oxygen atoms in total. The maximum Gasteiger partial charge on any atom is 0.242 e. The van der Waals surface area contributed by atoms with Gasteiger partial charge in [-0.2, -0.15) is 0 Å². The van der Waals surface area contributed by atoms with Gasteiger partial charge in [-0.15, -0.1) is 10.2 Å². The standard InChI is InChI=1S/C23H31N5O4S/c1-3-31-18-10-9-16(15-19(18)32-4-2)11-12-24-21(30)17-7-5-13-27(17)22-25-26-23(33-22)28-14-6-8-20(28)29/h9-10,15,17H,3-8,11-14H2,1-2H3,(H,24,30)/t17-/m0/s1. The smallest absolute Gasteiger partial charge is 0.242 e. The van der Waals surface area contributed by atoms with Gasteiger partial charge in [-0.05, 0) is 57.2 Å². The highest BCUT2D eigenvalue weighted by molar-refractivity contribution is 7.19. The van der Waals surface area contributed by atoms with Crippen LogP contribution in [0.25, 0.3) is 0 Å². The number of amides is 2. The first-order valence-corrected chi connectivity index (χ1v) is 12.5. The van der Waals surface area contributed by atoms with Crippen molar-refractivity contribution in [2.24, 2.45) is 0 Å². The minimum atomic E-state index is -0.264. The molecule has 2 aliphatic rings. The Morgan fingerprint density at radius 3 is 2.67 bits per heavy atom. The molecule has 0 radical (unpaired) electrons. The summed E-state index contributed by atoms with van der Waals surface area (Å²) in [5.74, 6) is 1.56. The lowest BCUT2D eigenvalue weighted by Gasteiger charge is -2.22. The summed E-state index contributed by atoms with van der Waals surface area (Å²) in [6.07, 6.45) is 3.81. The summed E-state index contributed by atoms with van der Waals surface area (Å²) in [5, 5.41) is 12.9. The molecular weight excluding hydrogens is 442 g/mol. The predicted molar refractivity (Wildman–Crippen MR) is 127 cm³/mol. The number of aromatic nitrogens is 2. The van der Waals surface area contributed by atoms with Gasteiger partial charge in [0.1, 0.15) is 6.04 Å². The van der Waals surface area contributed by atoms with Crippen molar-refractivity contribution in [3.63, 3.8) is 0 Å². The summed E-state index contributed by atoms with van der Waals surface area (Å²) in [5.41, 5.74) is 1.08. The van der Waals surface area contributed by atoms with Crippen molar-refractivity contribution in [2.75, 3.05) is 42.6 Å². The fourth-order valence-corrected chi connectivity index (χ4v) is 5.22. The van der Waals surface area contributed by atoms with E-state index in [0.29, 0.717) is 49.4 Å². The lowest BCUT2D eigenvalue weighted by Crippen LogP contribution is -2.44. The normalized spacial score (nSPS) is 18.1. The molecular formula is C23H31N5O4S. The molecule has 2 aliphatic heterocycles. The number of nitrogens with zero attached hydrogens (tertiary/aromatic N) is 4. The lowest BCUT2D eigenvalue weighted by molar-refractivity contribution is -0.122. The maximum atomic E-state index is 12.9. The topological polar surface area (TPSA) is 96.9 Å². The number of hydrogen-bond acceptors (Lipinski definition) is 8. The van der Waals surface area contributed by atoms with E-state index in [9.17, 15) is 9.59 Å². The molecule has 2 fully saturated rings. The van der Waals surface area contributed by atoms with Crippen molar-refractivity contribution in [3.05, 3.63) is 23.8 Å². The van der Waals surface area contributed by atoms with E-state index in [1.165, 1.54) is 11.3 Å². The highest BCUT2D eigenvalue weighted by atomic mass is 32.1. The van der Waals surface area contributed by atoms with Crippen LogP contribution in [0.4, 0.5) is 10.3 Å². The number of rotatable bonds is 10. The van der Waals surface area contributed by atoms with Crippen molar-refractivity contribution >= 4 is 33.4 Å². The molecule has 4 rings (SSSR count). The van der Waals surface area contributed by atoms with Crippen molar-refractivity contribution in [1.29, 1.82) is 0 Å². The summed E-state index contributed by atoms with van der Waals surface area (Å²) in [7, 11) is 0. The van der Waals surface area contributed by atoms with Crippen LogP contribution < -0.4 is 24.6 Å². The van der Waals surface area contributed by atoms with Crippen LogP contribution in [-0.2, 0) is 16.0 Å². The minimum Gasteiger partial charge on any atom is -0.490 e. The molecule has 1 atom stereocenters. The Balaban J connectivity index is 1.33. The Hall–Kier alpha value is -2.88. The number of hydrogen-bond donors (Lipinski definition) is 1. The van der Waals surface area contributed by atoms with Crippen molar-refractivity contribution < 1.29 is 19.1 Å². The Labute approximate surface area is 198 Å². The van der Waals surface area contributed by atoms with E-state index in [-0.39, 0.29) is 17.9 Å². The maximum absolute atomic E-state index is 12.9. The molecule has 3 heterocycles. The second-order valence-corrected chi connectivity index (χ2v) is 8.99. The molecule has 1 N–H and O–H groups in total. The number of anilines is 2. The summed E-state index contributed by atoms with van der Waals surface area (Å²) >= 11 is 1.39. The van der Waals surface area contributed by atoms with E-state index in [0.717, 1.165) is 42.9 Å². The molecule has 0 bridgehead atoms. The molecule has 0 spiro atoms. The number of carbonyl (C=O) groups is 2. The van der Waals surface area contributed by atoms with Crippen molar-refractivity contribution in [2.45, 2.75) is 52.0 Å². The van der Waals surface area contributed by atoms with Crippen LogP contribution in [-0.4, -0.2) is 60.9 Å². The highest BCUT2D eigenvalue weighted by Gasteiger charge is 2.34. The van der Waals surface area contributed by atoms with E-state index in [1.807, 2.05) is 36.9 Å². The number of ether oxygens (including phenoxy) is 2. The predicted octanol–water partition coefficient (Wildman–Crippen LogP) is 2.79. The molecule has 0 aliphatic carbocycles. The molecule has 33 heavy (non-hydrogen) atoms. The van der Waals surface area contributed by atoms with Gasteiger partial charge in [0, 0.05) is 26.1 Å². The first-order valence-electron chi connectivity index (χ1n) is 11.7. The van der Waals surface area contributed by atoms with Gasteiger partial charge in [0.15, 0.2) is 11.5 Å². The van der Waals surface area contributed by atoms with E-state index >= 15 is 0 Å². The van der Waals surface area contributed by atoms with Gasteiger partial charge in [0.25, 0.3) is 0 Å². The lowest BCUT2D eigenvalue weighted by atomic mass is 10.1. The van der Waals surface area contributed by atoms with Crippen LogP contribution >= 0.6 is 11.3 Å². The Bertz CT molecular complexity index is 982. The average molecular weight is 474 g/mol. The van der Waals surface area contributed by atoms with Gasteiger partial charge >= 0.3 is 0 Å². The second kappa shape index (κ2) is 10.8. The molecule has 1 aromatic carbocycles. The molecule has 178 valence electrons. The first kappa shape index (κ1) is 23.3. The van der Waals surface area contributed by atoms with Crippen LogP contribution in [0.1, 0.15) is 45.1 Å². The molecule has 2 amide bonds. The number of benzene rings is 1. The zero-order valence-corrected chi connectivity index (χ0v) is 20.0. The van der Waals surface area contributed by atoms with Gasteiger partial charge in [0.2, 0.25) is 22.1 Å². The molecule has 0 saturated carbocycles. The van der Waals surface area contributed by atoms with E-state index in [1.54, 1.807) is 4.90 Å².